The highest BCUT2D eigenvalue weighted by Gasteiger charge is 2.30. The molecule has 0 amide bonds. The lowest BCUT2D eigenvalue weighted by Crippen LogP contribution is -2.35. The van der Waals surface area contributed by atoms with Gasteiger partial charge in [0.15, 0.2) is 0 Å². The minimum atomic E-state index is -0.365. The molecule has 0 aromatic heterocycles. The summed E-state index contributed by atoms with van der Waals surface area (Å²) in [4.78, 5) is 21.9. The summed E-state index contributed by atoms with van der Waals surface area (Å²) in [5.41, 5.74) is -1.34. The van der Waals surface area contributed by atoms with Gasteiger partial charge in [-0.05, 0) is 82.1 Å². The van der Waals surface area contributed by atoms with Crippen LogP contribution in [0.2, 0.25) is 0 Å². The van der Waals surface area contributed by atoms with E-state index < -0.39 is 0 Å². The first-order valence-electron chi connectivity index (χ1n) is 10.3. The second-order valence-electron chi connectivity index (χ2n) is 10.3. The molecule has 0 saturated carbocycles. The molecule has 0 aliphatic heterocycles. The molecular weight excluding hydrogens is 328 g/mol. The van der Waals surface area contributed by atoms with Crippen LogP contribution in [0.25, 0.3) is 0 Å². The molecule has 0 aromatic rings. The topological polar surface area (TPSA) is 36.9 Å². The SMILES string of the molecule is CC(C)(C)OOC(C)(C)CCC(C)(C)OOC(C)(C)C.CCCCCC. The fourth-order valence-corrected chi connectivity index (χ4v) is 1.66. The molecule has 0 aliphatic carbocycles. The molecule has 0 rings (SSSR count). The van der Waals surface area contributed by atoms with Crippen LogP contribution in [0.4, 0.5) is 0 Å². The van der Waals surface area contributed by atoms with Crippen molar-refractivity contribution in [2.75, 3.05) is 0 Å². The lowest BCUT2D eigenvalue weighted by molar-refractivity contribution is -0.410. The Morgan fingerprint density at radius 3 is 0.923 bits per heavy atom. The number of hydrogen-bond donors (Lipinski definition) is 0. The van der Waals surface area contributed by atoms with E-state index in [-0.39, 0.29) is 22.4 Å². The molecule has 0 spiro atoms. The number of hydrogen-bond acceptors (Lipinski definition) is 4. The molecule has 0 radical (unpaired) electrons. The Hall–Kier alpha value is -0.160. The van der Waals surface area contributed by atoms with Gasteiger partial charge in [-0.2, -0.15) is 0 Å². The maximum atomic E-state index is 5.54. The van der Waals surface area contributed by atoms with Crippen molar-refractivity contribution in [3.8, 4) is 0 Å². The van der Waals surface area contributed by atoms with Gasteiger partial charge >= 0.3 is 0 Å². The summed E-state index contributed by atoms with van der Waals surface area (Å²) < 4.78 is 0. The van der Waals surface area contributed by atoms with E-state index in [1.54, 1.807) is 0 Å². The van der Waals surface area contributed by atoms with Crippen LogP contribution >= 0.6 is 0 Å². The molecule has 0 heterocycles. The Labute approximate surface area is 164 Å². The first-order valence-corrected chi connectivity index (χ1v) is 10.3. The van der Waals surface area contributed by atoms with E-state index in [0.29, 0.717) is 0 Å². The minimum Gasteiger partial charge on any atom is -0.230 e. The lowest BCUT2D eigenvalue weighted by Gasteiger charge is -2.33. The van der Waals surface area contributed by atoms with Crippen molar-refractivity contribution < 1.29 is 19.6 Å². The molecule has 0 saturated heterocycles. The molecule has 160 valence electrons. The summed E-state index contributed by atoms with van der Waals surface area (Å²) in [5.74, 6) is 0. The molecule has 0 bridgehead atoms. The van der Waals surface area contributed by atoms with Crippen LogP contribution in [0.3, 0.4) is 0 Å². The van der Waals surface area contributed by atoms with Crippen molar-refractivity contribution in [3.63, 3.8) is 0 Å². The van der Waals surface area contributed by atoms with Crippen molar-refractivity contribution in [1.29, 1.82) is 0 Å². The van der Waals surface area contributed by atoms with E-state index in [0.717, 1.165) is 12.8 Å². The third-order valence-corrected chi connectivity index (χ3v) is 3.32. The van der Waals surface area contributed by atoms with Crippen LogP contribution in [0.5, 0.6) is 0 Å². The molecule has 0 N–H and O–H groups in total. The quantitative estimate of drug-likeness (QED) is 0.226. The second kappa shape index (κ2) is 12.3. The van der Waals surface area contributed by atoms with Crippen LogP contribution < -0.4 is 0 Å². The summed E-state index contributed by atoms with van der Waals surface area (Å²) in [6.07, 6.45) is 7.15. The zero-order valence-electron chi connectivity index (χ0n) is 19.9. The Bertz CT molecular complexity index is 301. The zero-order valence-corrected chi connectivity index (χ0v) is 19.9. The van der Waals surface area contributed by atoms with Crippen molar-refractivity contribution in [2.24, 2.45) is 0 Å². The van der Waals surface area contributed by atoms with E-state index in [1.165, 1.54) is 25.7 Å². The Balaban J connectivity index is 0. The van der Waals surface area contributed by atoms with Gasteiger partial charge in [0.1, 0.15) is 0 Å². The Morgan fingerprint density at radius 2 is 0.731 bits per heavy atom. The van der Waals surface area contributed by atoms with Crippen molar-refractivity contribution in [2.45, 2.75) is 144 Å². The summed E-state index contributed by atoms with van der Waals surface area (Å²) in [6.45, 7) is 24.3. The van der Waals surface area contributed by atoms with Crippen LogP contribution in [-0.4, -0.2) is 22.4 Å². The molecule has 0 atom stereocenters. The molecule has 0 fully saturated rings. The highest BCUT2D eigenvalue weighted by atomic mass is 17.2. The smallest absolute Gasteiger partial charge is 0.0981 e. The van der Waals surface area contributed by atoms with Crippen LogP contribution in [-0.2, 0) is 19.6 Å². The van der Waals surface area contributed by atoms with E-state index in [1.807, 2.05) is 69.2 Å². The molecule has 0 aliphatic rings. The maximum absolute atomic E-state index is 5.54. The second-order valence-corrected chi connectivity index (χ2v) is 10.3. The normalized spacial score (nSPS) is 13.4. The maximum Gasteiger partial charge on any atom is 0.0981 e. The monoisotopic (exact) mass is 376 g/mol. The van der Waals surface area contributed by atoms with Crippen LogP contribution in [0.1, 0.15) is 122 Å². The Kier molecular flexibility index (Phi) is 13.3. The van der Waals surface area contributed by atoms with E-state index in [9.17, 15) is 0 Å². The minimum absolute atomic E-state index is 0.307. The summed E-state index contributed by atoms with van der Waals surface area (Å²) in [5, 5.41) is 0. The summed E-state index contributed by atoms with van der Waals surface area (Å²) in [6, 6.07) is 0. The molecule has 0 unspecified atom stereocenters. The predicted molar refractivity (Wildman–Crippen MR) is 111 cm³/mol. The summed E-state index contributed by atoms with van der Waals surface area (Å²) >= 11 is 0. The van der Waals surface area contributed by atoms with Gasteiger partial charge in [-0.1, -0.05) is 39.5 Å². The Morgan fingerprint density at radius 1 is 0.462 bits per heavy atom. The standard InChI is InChI=1S/C16H34O4.C6H14/c1-13(2,3)17-19-15(7,8)11-12-16(9,10)20-18-14(4,5)6;1-3-5-6-4-2/h11-12H2,1-10H3;3-6H2,1-2H3. The first kappa shape index (κ1) is 28.1. The zero-order chi connectivity index (χ0) is 21.1. The van der Waals surface area contributed by atoms with Gasteiger partial charge in [-0.15, -0.1) is 0 Å². The van der Waals surface area contributed by atoms with Gasteiger partial charge in [0.05, 0.1) is 22.4 Å². The van der Waals surface area contributed by atoms with Gasteiger partial charge in [-0.3, -0.25) is 0 Å². The van der Waals surface area contributed by atoms with Crippen LogP contribution in [0, 0.1) is 0 Å². The highest BCUT2D eigenvalue weighted by molar-refractivity contribution is 4.75. The van der Waals surface area contributed by atoms with E-state index in [4.69, 9.17) is 19.6 Å². The van der Waals surface area contributed by atoms with Crippen molar-refractivity contribution in [3.05, 3.63) is 0 Å². The van der Waals surface area contributed by atoms with Gasteiger partial charge in [0.25, 0.3) is 0 Å². The highest BCUT2D eigenvalue weighted by Crippen LogP contribution is 2.27. The van der Waals surface area contributed by atoms with Crippen LogP contribution in [0.15, 0.2) is 0 Å². The largest absolute Gasteiger partial charge is 0.230 e. The third kappa shape index (κ3) is 21.9. The molecular formula is C22H48O4. The molecule has 4 heteroatoms. The number of unbranched alkanes of at least 4 members (excludes halogenated alkanes) is 3. The average Bonchev–Trinajstić information content (AvgIpc) is 2.47. The summed E-state index contributed by atoms with van der Waals surface area (Å²) in [7, 11) is 0. The van der Waals surface area contributed by atoms with E-state index in [2.05, 4.69) is 13.8 Å². The van der Waals surface area contributed by atoms with Gasteiger partial charge in [0, 0.05) is 0 Å². The van der Waals surface area contributed by atoms with Gasteiger partial charge in [0.2, 0.25) is 0 Å². The lowest BCUT2D eigenvalue weighted by atomic mass is 9.94. The molecule has 4 nitrogen and oxygen atoms in total. The van der Waals surface area contributed by atoms with Gasteiger partial charge < -0.3 is 0 Å². The fourth-order valence-electron chi connectivity index (χ4n) is 1.66. The van der Waals surface area contributed by atoms with Gasteiger partial charge in [-0.25, -0.2) is 19.6 Å². The molecule has 26 heavy (non-hydrogen) atoms. The first-order chi connectivity index (χ1) is 11.5. The van der Waals surface area contributed by atoms with Crippen molar-refractivity contribution >= 4 is 0 Å². The predicted octanol–water partition coefficient (Wildman–Crippen LogP) is 7.40. The third-order valence-electron chi connectivity index (χ3n) is 3.32. The average molecular weight is 377 g/mol. The van der Waals surface area contributed by atoms with E-state index >= 15 is 0 Å². The molecule has 0 aromatic carbocycles. The number of rotatable bonds is 10. The fraction of sp³-hybridized carbons (Fsp3) is 1.00. The van der Waals surface area contributed by atoms with Crippen molar-refractivity contribution in [1.82, 2.24) is 0 Å².